The highest BCUT2D eigenvalue weighted by molar-refractivity contribution is 6.31. The number of hydrogen-bond acceptors (Lipinski definition) is 6. The van der Waals surface area contributed by atoms with Crippen LogP contribution in [0, 0.1) is 6.92 Å². The molecule has 7 nitrogen and oxygen atoms in total. The Morgan fingerprint density at radius 2 is 1.84 bits per heavy atom. The van der Waals surface area contributed by atoms with Gasteiger partial charge >= 0.3 is 0 Å². The Balaban J connectivity index is 1.56. The Hall–Kier alpha value is -3.29. The smallest absolute Gasteiger partial charge is 0.274 e. The van der Waals surface area contributed by atoms with E-state index in [1.54, 1.807) is 6.20 Å². The number of hydrogen-bond donors (Lipinski definition) is 1. The first-order chi connectivity index (χ1) is 15.4. The van der Waals surface area contributed by atoms with E-state index >= 15 is 0 Å². The lowest BCUT2D eigenvalue weighted by Crippen LogP contribution is -2.27. The molecule has 0 fully saturated rings. The third-order valence-electron chi connectivity index (χ3n) is 5.33. The number of nitrogens with one attached hydrogen (secondary N) is 1. The molecule has 32 heavy (non-hydrogen) atoms. The average molecular weight is 449 g/mol. The van der Waals surface area contributed by atoms with E-state index in [9.17, 15) is 4.79 Å². The van der Waals surface area contributed by atoms with Crippen LogP contribution in [0.3, 0.4) is 0 Å². The van der Waals surface area contributed by atoms with Gasteiger partial charge in [-0.25, -0.2) is 14.6 Å². The van der Waals surface area contributed by atoms with Gasteiger partial charge in [-0.3, -0.25) is 4.79 Å². The standard InChI is InChI=1S/C24H25ClN6O/c1-16-28-18(15-31-24(32)19-9-5-4-8-17(19)13-27-31)12-23(29-16)26-14-22(30(2)3)20-10-6-7-11-21(20)25/h4-13,22H,14-15H2,1-3H3,(H,26,28,29). The summed E-state index contributed by atoms with van der Waals surface area (Å²) in [5, 5.41) is 9.91. The monoisotopic (exact) mass is 448 g/mol. The molecule has 164 valence electrons. The molecule has 2 aromatic heterocycles. The molecule has 2 heterocycles. The van der Waals surface area contributed by atoms with Gasteiger partial charge in [-0.1, -0.05) is 48.0 Å². The number of aromatic nitrogens is 4. The Morgan fingerprint density at radius 3 is 2.62 bits per heavy atom. The zero-order valence-corrected chi connectivity index (χ0v) is 19.0. The molecule has 0 saturated heterocycles. The van der Waals surface area contributed by atoms with Crippen molar-refractivity contribution in [2.24, 2.45) is 0 Å². The number of aryl methyl sites for hydroxylation is 1. The molecule has 0 aliphatic heterocycles. The maximum absolute atomic E-state index is 12.8. The molecule has 0 radical (unpaired) electrons. The lowest BCUT2D eigenvalue weighted by atomic mass is 10.1. The lowest BCUT2D eigenvalue weighted by Gasteiger charge is -2.26. The van der Waals surface area contributed by atoms with E-state index in [4.69, 9.17) is 11.6 Å². The second kappa shape index (κ2) is 9.46. The van der Waals surface area contributed by atoms with Crippen molar-refractivity contribution in [2.45, 2.75) is 19.5 Å². The van der Waals surface area contributed by atoms with Crippen LogP contribution in [0.5, 0.6) is 0 Å². The molecule has 0 spiro atoms. The van der Waals surface area contributed by atoms with Gasteiger partial charge in [0.2, 0.25) is 0 Å². The van der Waals surface area contributed by atoms with Gasteiger partial charge in [-0.15, -0.1) is 0 Å². The molecule has 1 unspecified atom stereocenters. The Bertz CT molecular complexity index is 1300. The minimum absolute atomic E-state index is 0.0622. The second-order valence-electron chi connectivity index (χ2n) is 7.87. The number of anilines is 1. The van der Waals surface area contributed by atoms with E-state index in [-0.39, 0.29) is 18.1 Å². The number of likely N-dealkylation sites (N-methyl/N-ethyl adjacent to an activating group) is 1. The molecule has 0 bridgehead atoms. The number of nitrogens with zero attached hydrogens (tertiary/aromatic N) is 5. The van der Waals surface area contributed by atoms with Crippen LogP contribution in [0.25, 0.3) is 10.8 Å². The van der Waals surface area contributed by atoms with Crippen molar-refractivity contribution in [3.05, 3.63) is 93.3 Å². The molecule has 8 heteroatoms. The molecule has 2 aromatic carbocycles. The van der Waals surface area contributed by atoms with Gasteiger partial charge < -0.3 is 10.2 Å². The molecule has 0 amide bonds. The van der Waals surface area contributed by atoms with Gasteiger partial charge in [-0.05, 0) is 38.7 Å². The van der Waals surface area contributed by atoms with Crippen molar-refractivity contribution in [3.63, 3.8) is 0 Å². The molecule has 0 aliphatic rings. The third-order valence-corrected chi connectivity index (χ3v) is 5.67. The average Bonchev–Trinajstić information content (AvgIpc) is 2.77. The third kappa shape index (κ3) is 4.79. The summed E-state index contributed by atoms with van der Waals surface area (Å²) in [6, 6.07) is 17.2. The molecule has 1 N–H and O–H groups in total. The first kappa shape index (κ1) is 21.9. The summed E-state index contributed by atoms with van der Waals surface area (Å²) in [7, 11) is 4.04. The predicted octanol–water partition coefficient (Wildman–Crippen LogP) is 3.91. The minimum atomic E-state index is -0.139. The summed E-state index contributed by atoms with van der Waals surface area (Å²) in [6.45, 7) is 2.72. The summed E-state index contributed by atoms with van der Waals surface area (Å²) in [4.78, 5) is 23.9. The highest BCUT2D eigenvalue weighted by Crippen LogP contribution is 2.26. The zero-order valence-electron chi connectivity index (χ0n) is 18.3. The van der Waals surface area contributed by atoms with Crippen LogP contribution in [0.1, 0.15) is 23.1 Å². The van der Waals surface area contributed by atoms with Crippen LogP contribution in [-0.4, -0.2) is 45.3 Å². The predicted molar refractivity (Wildman–Crippen MR) is 128 cm³/mol. The van der Waals surface area contributed by atoms with E-state index in [1.165, 1.54) is 4.68 Å². The van der Waals surface area contributed by atoms with Crippen LogP contribution in [0.4, 0.5) is 5.82 Å². The zero-order chi connectivity index (χ0) is 22.7. The van der Waals surface area contributed by atoms with Crippen molar-refractivity contribution in [1.29, 1.82) is 0 Å². The van der Waals surface area contributed by atoms with Crippen LogP contribution in [0.2, 0.25) is 5.02 Å². The fourth-order valence-electron chi connectivity index (χ4n) is 3.71. The summed E-state index contributed by atoms with van der Waals surface area (Å²) in [5.41, 5.74) is 1.62. The summed E-state index contributed by atoms with van der Waals surface area (Å²) in [6.07, 6.45) is 1.70. The first-order valence-electron chi connectivity index (χ1n) is 10.4. The van der Waals surface area contributed by atoms with E-state index < -0.39 is 0 Å². The van der Waals surface area contributed by atoms with E-state index in [1.807, 2.05) is 75.6 Å². The number of halogens is 1. The Morgan fingerprint density at radius 1 is 1.09 bits per heavy atom. The minimum Gasteiger partial charge on any atom is -0.368 e. The molecular weight excluding hydrogens is 424 g/mol. The molecule has 4 aromatic rings. The van der Waals surface area contributed by atoms with Crippen molar-refractivity contribution < 1.29 is 0 Å². The van der Waals surface area contributed by atoms with Crippen LogP contribution in [0.15, 0.2) is 65.6 Å². The second-order valence-corrected chi connectivity index (χ2v) is 8.28. The normalized spacial score (nSPS) is 12.3. The van der Waals surface area contributed by atoms with Gasteiger partial charge in [0, 0.05) is 23.0 Å². The van der Waals surface area contributed by atoms with Gasteiger partial charge in [0.15, 0.2) is 0 Å². The molecular formula is C24H25ClN6O. The van der Waals surface area contributed by atoms with Crippen LogP contribution in [-0.2, 0) is 6.54 Å². The van der Waals surface area contributed by atoms with Crippen molar-refractivity contribution in [1.82, 2.24) is 24.6 Å². The molecule has 1 atom stereocenters. The number of benzene rings is 2. The fourth-order valence-corrected chi connectivity index (χ4v) is 3.97. The topological polar surface area (TPSA) is 75.9 Å². The SMILES string of the molecule is Cc1nc(Cn2ncc3ccccc3c2=O)cc(NCC(c2ccccc2Cl)N(C)C)n1. The number of rotatable bonds is 7. The van der Waals surface area contributed by atoms with Gasteiger partial charge in [-0.2, -0.15) is 5.10 Å². The van der Waals surface area contributed by atoms with E-state index in [0.717, 1.165) is 16.0 Å². The molecule has 0 saturated carbocycles. The largest absolute Gasteiger partial charge is 0.368 e. The van der Waals surface area contributed by atoms with Crippen molar-refractivity contribution in [2.75, 3.05) is 26.0 Å². The van der Waals surface area contributed by atoms with E-state index in [2.05, 4.69) is 25.3 Å². The number of fused-ring (bicyclic) bond motifs is 1. The van der Waals surface area contributed by atoms with Gasteiger partial charge in [0.05, 0.1) is 29.9 Å². The quantitative estimate of drug-likeness (QED) is 0.462. The molecule has 4 rings (SSSR count). The maximum Gasteiger partial charge on any atom is 0.274 e. The summed E-state index contributed by atoms with van der Waals surface area (Å²) < 4.78 is 1.43. The van der Waals surface area contributed by atoms with Crippen LogP contribution < -0.4 is 10.9 Å². The van der Waals surface area contributed by atoms with Crippen molar-refractivity contribution in [3.8, 4) is 0 Å². The Kier molecular flexibility index (Phi) is 6.48. The van der Waals surface area contributed by atoms with Gasteiger partial charge in [0.25, 0.3) is 5.56 Å². The van der Waals surface area contributed by atoms with Crippen molar-refractivity contribution >= 4 is 28.2 Å². The van der Waals surface area contributed by atoms with Crippen LogP contribution >= 0.6 is 11.6 Å². The first-order valence-corrected chi connectivity index (χ1v) is 10.7. The fraction of sp³-hybridized carbons (Fsp3) is 0.250. The van der Waals surface area contributed by atoms with Gasteiger partial charge in [0.1, 0.15) is 11.6 Å². The van der Waals surface area contributed by atoms with E-state index in [0.29, 0.717) is 29.3 Å². The summed E-state index contributed by atoms with van der Waals surface area (Å²) >= 11 is 6.42. The molecule has 0 aliphatic carbocycles. The highest BCUT2D eigenvalue weighted by atomic mass is 35.5. The highest BCUT2D eigenvalue weighted by Gasteiger charge is 2.17. The summed E-state index contributed by atoms with van der Waals surface area (Å²) in [5.74, 6) is 1.32. The Labute approximate surface area is 191 Å². The maximum atomic E-state index is 12.8. The lowest BCUT2D eigenvalue weighted by molar-refractivity contribution is 0.311.